The third kappa shape index (κ3) is 3.20. The smallest absolute Gasteiger partial charge is 0.272 e. The number of non-ortho nitro benzene ring substituents is 1. The number of halogens is 3. The lowest BCUT2D eigenvalue weighted by atomic mass is 10.3. The van der Waals surface area contributed by atoms with Gasteiger partial charge in [0.15, 0.2) is 5.75 Å². The van der Waals surface area contributed by atoms with Crippen molar-refractivity contribution >= 4 is 44.8 Å². The third-order valence-electron chi connectivity index (χ3n) is 2.34. The van der Waals surface area contributed by atoms with Crippen LogP contribution < -0.4 is 4.74 Å². The van der Waals surface area contributed by atoms with Crippen LogP contribution in [0.3, 0.4) is 0 Å². The molecule has 20 heavy (non-hydrogen) atoms. The Morgan fingerprint density at radius 3 is 2.40 bits per heavy atom. The molecular weight excluding hydrogens is 371 g/mol. The van der Waals surface area contributed by atoms with Crippen LogP contribution in [-0.4, -0.2) is 9.91 Å². The monoisotopic (exact) mass is 376 g/mol. The third-order valence-corrected chi connectivity index (χ3v) is 3.47. The average molecular weight is 378 g/mol. The maximum absolute atomic E-state index is 10.7. The van der Waals surface area contributed by atoms with Crippen molar-refractivity contribution in [2.45, 2.75) is 6.92 Å². The number of pyridine rings is 1. The van der Waals surface area contributed by atoms with Gasteiger partial charge in [-0.1, -0.05) is 23.2 Å². The van der Waals surface area contributed by atoms with Gasteiger partial charge in [0.1, 0.15) is 0 Å². The van der Waals surface area contributed by atoms with Gasteiger partial charge >= 0.3 is 0 Å². The molecule has 0 N–H and O–H groups in total. The molecule has 0 spiro atoms. The molecule has 0 bridgehead atoms. The molecule has 1 aromatic heterocycles. The van der Waals surface area contributed by atoms with Crippen molar-refractivity contribution in [3.63, 3.8) is 0 Å². The van der Waals surface area contributed by atoms with Crippen molar-refractivity contribution in [1.29, 1.82) is 0 Å². The summed E-state index contributed by atoms with van der Waals surface area (Å²) in [6.07, 6.45) is 1.62. The zero-order chi connectivity index (χ0) is 14.9. The maximum atomic E-state index is 10.7. The molecule has 1 aromatic carbocycles. The summed E-state index contributed by atoms with van der Waals surface area (Å²) < 4.78 is 6.14. The average Bonchev–Trinajstić information content (AvgIpc) is 2.35. The second-order valence-electron chi connectivity index (χ2n) is 3.90. The Kier molecular flexibility index (Phi) is 4.47. The first-order valence-electron chi connectivity index (χ1n) is 5.32. The van der Waals surface area contributed by atoms with E-state index in [1.165, 1.54) is 12.1 Å². The predicted molar refractivity (Wildman–Crippen MR) is 79.9 cm³/mol. The zero-order valence-corrected chi connectivity index (χ0v) is 13.2. The van der Waals surface area contributed by atoms with Crippen LogP contribution in [0.1, 0.15) is 5.56 Å². The van der Waals surface area contributed by atoms with Crippen LogP contribution in [0, 0.1) is 17.0 Å². The van der Waals surface area contributed by atoms with Gasteiger partial charge in [-0.05, 0) is 34.5 Å². The molecule has 5 nitrogen and oxygen atoms in total. The number of aromatic nitrogens is 1. The molecule has 2 rings (SSSR count). The molecule has 0 saturated heterocycles. The quantitative estimate of drug-likeness (QED) is 0.547. The number of nitro groups is 1. The van der Waals surface area contributed by atoms with Gasteiger partial charge in [-0.25, -0.2) is 4.98 Å². The highest BCUT2D eigenvalue weighted by Gasteiger charge is 2.17. The van der Waals surface area contributed by atoms with E-state index >= 15 is 0 Å². The fraction of sp³-hybridized carbons (Fsp3) is 0.0833. The summed E-state index contributed by atoms with van der Waals surface area (Å²) in [5.41, 5.74) is 0.744. The molecule has 1 heterocycles. The molecule has 0 aliphatic rings. The zero-order valence-electron chi connectivity index (χ0n) is 10.1. The number of benzene rings is 1. The lowest BCUT2D eigenvalue weighted by molar-refractivity contribution is -0.384. The maximum Gasteiger partial charge on any atom is 0.272 e. The van der Waals surface area contributed by atoms with Crippen molar-refractivity contribution < 1.29 is 9.66 Å². The molecule has 0 aliphatic heterocycles. The Balaban J connectivity index is 2.41. The van der Waals surface area contributed by atoms with Crippen LogP contribution >= 0.6 is 39.1 Å². The highest BCUT2D eigenvalue weighted by molar-refractivity contribution is 9.10. The SMILES string of the molecule is Cc1cnc(Oc2c(Cl)cc([N+](=O)[O-])cc2Cl)c(Br)c1. The van der Waals surface area contributed by atoms with Crippen molar-refractivity contribution in [2.24, 2.45) is 0 Å². The Hall–Kier alpha value is -1.37. The second-order valence-corrected chi connectivity index (χ2v) is 5.57. The number of nitrogens with zero attached hydrogens (tertiary/aromatic N) is 2. The minimum absolute atomic E-state index is 0.0403. The number of aryl methyl sites for hydroxylation is 1. The van der Waals surface area contributed by atoms with E-state index in [9.17, 15) is 10.1 Å². The van der Waals surface area contributed by atoms with E-state index in [2.05, 4.69) is 20.9 Å². The number of hydrogen-bond acceptors (Lipinski definition) is 4. The topological polar surface area (TPSA) is 65.3 Å². The minimum Gasteiger partial charge on any atom is -0.435 e. The first-order chi connectivity index (χ1) is 9.38. The molecule has 0 amide bonds. The molecular formula is C12H7BrCl2N2O3. The fourth-order valence-corrected chi connectivity index (χ4v) is 2.54. The summed E-state index contributed by atoms with van der Waals surface area (Å²) in [6, 6.07) is 4.16. The summed E-state index contributed by atoms with van der Waals surface area (Å²) >= 11 is 15.2. The predicted octanol–water partition coefficient (Wildman–Crippen LogP) is 5.16. The highest BCUT2D eigenvalue weighted by atomic mass is 79.9. The summed E-state index contributed by atoms with van der Waals surface area (Å²) in [6.45, 7) is 1.88. The van der Waals surface area contributed by atoms with Gasteiger partial charge in [-0.3, -0.25) is 10.1 Å². The van der Waals surface area contributed by atoms with E-state index in [1.54, 1.807) is 6.20 Å². The van der Waals surface area contributed by atoms with Gasteiger partial charge < -0.3 is 4.74 Å². The van der Waals surface area contributed by atoms with E-state index in [1.807, 2.05) is 13.0 Å². The highest BCUT2D eigenvalue weighted by Crippen LogP contribution is 2.40. The Morgan fingerprint density at radius 2 is 1.90 bits per heavy atom. The Bertz CT molecular complexity index is 671. The van der Waals surface area contributed by atoms with E-state index in [4.69, 9.17) is 27.9 Å². The molecule has 0 fully saturated rings. The van der Waals surface area contributed by atoms with Crippen LogP contribution in [0.15, 0.2) is 28.9 Å². The van der Waals surface area contributed by atoms with Crippen LogP contribution in [0.2, 0.25) is 10.0 Å². The van der Waals surface area contributed by atoms with Gasteiger partial charge in [-0.15, -0.1) is 0 Å². The van der Waals surface area contributed by atoms with E-state index in [0.29, 0.717) is 4.47 Å². The van der Waals surface area contributed by atoms with Gasteiger partial charge in [0.25, 0.3) is 5.69 Å². The van der Waals surface area contributed by atoms with Crippen LogP contribution in [0.5, 0.6) is 11.6 Å². The van der Waals surface area contributed by atoms with Gasteiger partial charge in [-0.2, -0.15) is 0 Å². The molecule has 8 heteroatoms. The largest absolute Gasteiger partial charge is 0.435 e. The van der Waals surface area contributed by atoms with E-state index in [-0.39, 0.29) is 27.4 Å². The van der Waals surface area contributed by atoms with Crippen molar-refractivity contribution in [1.82, 2.24) is 4.98 Å². The van der Waals surface area contributed by atoms with Gasteiger partial charge in [0.05, 0.1) is 19.4 Å². The van der Waals surface area contributed by atoms with Crippen LogP contribution in [0.25, 0.3) is 0 Å². The molecule has 0 aliphatic carbocycles. The number of rotatable bonds is 3. The number of hydrogen-bond donors (Lipinski definition) is 0. The summed E-state index contributed by atoms with van der Waals surface area (Å²) in [7, 11) is 0. The first-order valence-corrected chi connectivity index (χ1v) is 6.87. The fourth-order valence-electron chi connectivity index (χ4n) is 1.44. The van der Waals surface area contributed by atoms with E-state index < -0.39 is 4.92 Å². The van der Waals surface area contributed by atoms with Crippen LogP contribution in [0.4, 0.5) is 5.69 Å². The molecule has 104 valence electrons. The molecule has 2 aromatic rings. The molecule has 0 unspecified atom stereocenters. The van der Waals surface area contributed by atoms with Crippen LogP contribution in [-0.2, 0) is 0 Å². The molecule has 0 atom stereocenters. The van der Waals surface area contributed by atoms with Crippen molar-refractivity contribution in [3.05, 3.63) is 54.6 Å². The van der Waals surface area contributed by atoms with Gasteiger partial charge in [0, 0.05) is 18.3 Å². The van der Waals surface area contributed by atoms with Crippen molar-refractivity contribution in [3.8, 4) is 11.6 Å². The van der Waals surface area contributed by atoms with Gasteiger partial charge in [0.2, 0.25) is 5.88 Å². The first kappa shape index (κ1) is 15.0. The normalized spacial score (nSPS) is 10.4. The summed E-state index contributed by atoms with van der Waals surface area (Å²) in [5, 5.41) is 10.8. The number of nitro benzene ring substituents is 1. The van der Waals surface area contributed by atoms with Crippen molar-refractivity contribution in [2.75, 3.05) is 0 Å². The summed E-state index contributed by atoms with van der Waals surface area (Å²) in [4.78, 5) is 14.2. The minimum atomic E-state index is -0.582. The van der Waals surface area contributed by atoms with E-state index in [0.717, 1.165) is 5.56 Å². The lowest BCUT2D eigenvalue weighted by Gasteiger charge is -2.10. The Morgan fingerprint density at radius 1 is 1.30 bits per heavy atom. The number of ether oxygens (including phenoxy) is 1. The summed E-state index contributed by atoms with van der Waals surface area (Å²) in [5.74, 6) is 0.393. The second kappa shape index (κ2) is 5.95. The molecule has 0 radical (unpaired) electrons. The lowest BCUT2D eigenvalue weighted by Crippen LogP contribution is -1.94. The Labute approximate surface area is 132 Å². The molecule has 0 saturated carbocycles. The standard InChI is InChI=1S/C12H7BrCl2N2O3/c1-6-2-8(13)12(16-5-6)20-11-9(14)3-7(17(18)19)4-10(11)15/h2-5H,1H3.